The van der Waals surface area contributed by atoms with Crippen molar-refractivity contribution in [1.82, 2.24) is 25.8 Å². The van der Waals surface area contributed by atoms with Crippen molar-refractivity contribution in [2.75, 3.05) is 0 Å². The molecule has 0 spiro atoms. The first-order chi connectivity index (χ1) is 19.8. The Morgan fingerprint density at radius 1 is 0.927 bits per heavy atom. The van der Waals surface area contributed by atoms with E-state index in [1.807, 2.05) is 82.3 Å². The molecule has 2 amide bonds. The first kappa shape index (κ1) is 29.3. The number of hydrogen-bond acceptors (Lipinski definition) is 7. The molecule has 0 bridgehead atoms. The molecule has 10 heteroatoms. The number of rotatable bonds is 12. The van der Waals surface area contributed by atoms with Gasteiger partial charge >= 0.3 is 5.97 Å². The molecule has 2 aromatic heterocycles. The zero-order chi connectivity index (χ0) is 29.4. The van der Waals surface area contributed by atoms with Crippen LogP contribution in [0.15, 0.2) is 71.3 Å². The van der Waals surface area contributed by atoms with Gasteiger partial charge < -0.3 is 19.8 Å². The number of esters is 1. The quantitative estimate of drug-likeness (QED) is 0.205. The zero-order valence-electron chi connectivity index (χ0n) is 23.6. The highest BCUT2D eigenvalue weighted by molar-refractivity contribution is 5.96. The lowest BCUT2D eigenvalue weighted by atomic mass is 10.0. The number of nitrogens with zero attached hydrogens (tertiary/aromatic N) is 2. The summed E-state index contributed by atoms with van der Waals surface area (Å²) in [7, 11) is 0. The van der Waals surface area contributed by atoms with Gasteiger partial charge in [0, 0.05) is 17.2 Å². The van der Waals surface area contributed by atoms with Crippen LogP contribution in [-0.2, 0) is 16.1 Å². The van der Waals surface area contributed by atoms with Crippen LogP contribution in [0.5, 0.6) is 0 Å². The number of aromatic amines is 1. The Balaban J connectivity index is 1.43. The van der Waals surface area contributed by atoms with Gasteiger partial charge in [0.25, 0.3) is 11.8 Å². The number of H-pyrrole nitrogens is 1. The SMILES string of the molecule is CCC(CC)NC(=O)c1cnc(-c2cccc(-c3cc(C(=O)N[C@H](C(=O)OCc4ccccc4)C(C)C)n[nH]3)c2)o1. The van der Waals surface area contributed by atoms with E-state index in [1.54, 1.807) is 6.07 Å². The fraction of sp³-hybridized carbons (Fsp3) is 0.323. The number of amides is 2. The fourth-order valence-electron chi connectivity index (χ4n) is 4.20. The number of benzene rings is 2. The first-order valence-electron chi connectivity index (χ1n) is 13.7. The van der Waals surface area contributed by atoms with Gasteiger partial charge in [0.05, 0.1) is 11.9 Å². The standard InChI is InChI=1S/C31H35N5O5/c1-5-23(6-2)33-29(38)26-17-32-30(41-26)22-14-10-13-21(15-22)24-16-25(36-35-24)28(37)34-27(19(3)4)31(39)40-18-20-11-8-7-9-12-20/h7-17,19,23,27H,5-6,18H2,1-4H3,(H,33,38)(H,34,37)(H,35,36)/t27-/m0/s1. The van der Waals surface area contributed by atoms with Crippen LogP contribution < -0.4 is 10.6 Å². The maximum absolute atomic E-state index is 13.0. The van der Waals surface area contributed by atoms with Crippen LogP contribution in [0.3, 0.4) is 0 Å². The minimum atomic E-state index is -0.837. The zero-order valence-corrected chi connectivity index (χ0v) is 23.6. The third-order valence-electron chi connectivity index (χ3n) is 6.71. The summed E-state index contributed by atoms with van der Waals surface area (Å²) in [5.41, 5.74) is 2.97. The molecular weight excluding hydrogens is 522 g/mol. The number of aromatic nitrogens is 3. The van der Waals surface area contributed by atoms with E-state index < -0.39 is 17.9 Å². The molecule has 0 aliphatic rings. The third-order valence-corrected chi connectivity index (χ3v) is 6.71. The highest BCUT2D eigenvalue weighted by atomic mass is 16.5. The molecule has 0 saturated heterocycles. The second-order valence-corrected chi connectivity index (χ2v) is 10.1. The smallest absolute Gasteiger partial charge is 0.329 e. The molecule has 3 N–H and O–H groups in total. The van der Waals surface area contributed by atoms with Gasteiger partial charge in [-0.1, -0.05) is 70.2 Å². The van der Waals surface area contributed by atoms with Crippen LogP contribution in [-0.4, -0.2) is 45.0 Å². The largest absolute Gasteiger partial charge is 0.459 e. The third kappa shape index (κ3) is 7.47. The molecule has 1 atom stereocenters. The molecule has 41 heavy (non-hydrogen) atoms. The molecule has 10 nitrogen and oxygen atoms in total. The first-order valence-corrected chi connectivity index (χ1v) is 13.7. The van der Waals surface area contributed by atoms with Gasteiger partial charge in [-0.05, 0) is 42.5 Å². The highest BCUT2D eigenvalue weighted by Gasteiger charge is 2.27. The number of nitrogens with one attached hydrogen (secondary N) is 3. The average molecular weight is 558 g/mol. The summed E-state index contributed by atoms with van der Waals surface area (Å²) in [4.78, 5) is 42.5. The van der Waals surface area contributed by atoms with Crippen molar-refractivity contribution in [1.29, 1.82) is 0 Å². The van der Waals surface area contributed by atoms with Gasteiger partial charge in [0.2, 0.25) is 11.7 Å². The summed E-state index contributed by atoms with van der Waals surface area (Å²) in [6.07, 6.45) is 3.06. The van der Waals surface area contributed by atoms with Crippen molar-refractivity contribution < 1.29 is 23.5 Å². The summed E-state index contributed by atoms with van der Waals surface area (Å²) >= 11 is 0. The molecule has 4 aromatic rings. The van der Waals surface area contributed by atoms with Crippen molar-refractivity contribution in [3.63, 3.8) is 0 Å². The van der Waals surface area contributed by atoms with Crippen LogP contribution in [0.4, 0.5) is 0 Å². The molecular formula is C31H35N5O5. The molecule has 4 rings (SSSR count). The number of carbonyl (C=O) groups excluding carboxylic acids is 3. The molecule has 0 unspecified atom stereocenters. The monoisotopic (exact) mass is 557 g/mol. The lowest BCUT2D eigenvalue weighted by Crippen LogP contribution is -2.45. The fourth-order valence-corrected chi connectivity index (χ4v) is 4.20. The maximum Gasteiger partial charge on any atom is 0.329 e. The molecule has 2 aromatic carbocycles. The van der Waals surface area contributed by atoms with Crippen molar-refractivity contribution in [3.05, 3.63) is 83.9 Å². The highest BCUT2D eigenvalue weighted by Crippen LogP contribution is 2.26. The van der Waals surface area contributed by atoms with E-state index in [9.17, 15) is 14.4 Å². The molecule has 0 radical (unpaired) electrons. The van der Waals surface area contributed by atoms with Gasteiger partial charge in [-0.3, -0.25) is 14.7 Å². The minimum Gasteiger partial charge on any atom is -0.459 e. The van der Waals surface area contributed by atoms with E-state index in [0.29, 0.717) is 17.1 Å². The number of carbonyl (C=O) groups is 3. The molecule has 0 aliphatic carbocycles. The average Bonchev–Trinajstić information content (AvgIpc) is 3.69. The Kier molecular flexibility index (Phi) is 9.68. The van der Waals surface area contributed by atoms with Gasteiger partial charge in [-0.25, -0.2) is 9.78 Å². The summed E-state index contributed by atoms with van der Waals surface area (Å²) in [5.74, 6) is -1.08. The van der Waals surface area contributed by atoms with Crippen LogP contribution in [0.1, 0.15) is 67.1 Å². The molecule has 0 aliphatic heterocycles. The topological polar surface area (TPSA) is 139 Å². The lowest BCUT2D eigenvalue weighted by molar-refractivity contribution is -0.148. The second kappa shape index (κ2) is 13.6. The van der Waals surface area contributed by atoms with Crippen LogP contribution >= 0.6 is 0 Å². The number of oxazole rings is 1. The van der Waals surface area contributed by atoms with Gasteiger partial charge in [-0.15, -0.1) is 0 Å². The van der Waals surface area contributed by atoms with E-state index in [-0.39, 0.29) is 35.9 Å². The minimum absolute atomic E-state index is 0.0712. The predicted molar refractivity (Wildman–Crippen MR) is 154 cm³/mol. The van der Waals surface area contributed by atoms with Crippen LogP contribution in [0.2, 0.25) is 0 Å². The van der Waals surface area contributed by atoms with Gasteiger partial charge in [0.1, 0.15) is 12.6 Å². The van der Waals surface area contributed by atoms with Crippen molar-refractivity contribution >= 4 is 17.8 Å². The normalized spacial score (nSPS) is 11.9. The summed E-state index contributed by atoms with van der Waals surface area (Å²) in [6.45, 7) is 7.82. The van der Waals surface area contributed by atoms with E-state index in [4.69, 9.17) is 9.15 Å². The van der Waals surface area contributed by atoms with E-state index >= 15 is 0 Å². The Morgan fingerprint density at radius 3 is 2.37 bits per heavy atom. The van der Waals surface area contributed by atoms with E-state index in [0.717, 1.165) is 24.0 Å². The van der Waals surface area contributed by atoms with Crippen molar-refractivity contribution in [2.45, 2.75) is 59.2 Å². The maximum atomic E-state index is 13.0. The molecule has 2 heterocycles. The summed E-state index contributed by atoms with van der Waals surface area (Å²) in [5, 5.41) is 12.7. The molecule has 0 fully saturated rings. The van der Waals surface area contributed by atoms with E-state index in [1.165, 1.54) is 6.20 Å². The molecule has 0 saturated carbocycles. The van der Waals surface area contributed by atoms with E-state index in [2.05, 4.69) is 25.8 Å². The van der Waals surface area contributed by atoms with Gasteiger partial charge in [-0.2, -0.15) is 5.10 Å². The van der Waals surface area contributed by atoms with Crippen molar-refractivity contribution in [2.24, 2.45) is 5.92 Å². The molecule has 214 valence electrons. The summed E-state index contributed by atoms with van der Waals surface area (Å²) in [6, 6.07) is 17.5. The number of ether oxygens (including phenoxy) is 1. The van der Waals surface area contributed by atoms with Crippen molar-refractivity contribution in [3.8, 4) is 22.7 Å². The Labute approximate surface area is 238 Å². The van der Waals surface area contributed by atoms with Crippen LogP contribution in [0.25, 0.3) is 22.7 Å². The Hall–Kier alpha value is -4.73. The second-order valence-electron chi connectivity index (χ2n) is 10.1. The Bertz CT molecular complexity index is 1470. The number of hydrogen-bond donors (Lipinski definition) is 3. The summed E-state index contributed by atoms with van der Waals surface area (Å²) < 4.78 is 11.2. The predicted octanol–water partition coefficient (Wildman–Crippen LogP) is 5.15. The van der Waals surface area contributed by atoms with Gasteiger partial charge in [0.15, 0.2) is 5.69 Å². The Morgan fingerprint density at radius 2 is 1.66 bits per heavy atom. The lowest BCUT2D eigenvalue weighted by Gasteiger charge is -2.20. The van der Waals surface area contributed by atoms with Crippen LogP contribution in [0, 0.1) is 5.92 Å².